The van der Waals surface area contributed by atoms with E-state index in [1.807, 2.05) is 6.07 Å². The van der Waals surface area contributed by atoms with Crippen LogP contribution in [0.2, 0.25) is 0 Å². The van der Waals surface area contributed by atoms with Crippen molar-refractivity contribution in [2.75, 3.05) is 12.4 Å². The van der Waals surface area contributed by atoms with Crippen molar-refractivity contribution in [2.45, 2.75) is 18.4 Å². The summed E-state index contributed by atoms with van der Waals surface area (Å²) in [5.74, 6) is -0.322. The van der Waals surface area contributed by atoms with Crippen molar-refractivity contribution in [2.24, 2.45) is 5.73 Å². The molecule has 2 aromatic carbocycles. The van der Waals surface area contributed by atoms with Crippen LogP contribution in [0.25, 0.3) is 0 Å². The Kier molecular flexibility index (Phi) is 5.15. The van der Waals surface area contributed by atoms with Gasteiger partial charge in [0.15, 0.2) is 0 Å². The van der Waals surface area contributed by atoms with Crippen LogP contribution in [0.3, 0.4) is 0 Å². The van der Waals surface area contributed by atoms with Gasteiger partial charge in [-0.1, -0.05) is 18.2 Å². The van der Waals surface area contributed by atoms with Gasteiger partial charge >= 0.3 is 0 Å². The maximum Gasteiger partial charge on any atom is 0.255 e. The lowest BCUT2D eigenvalue weighted by Gasteiger charge is -2.11. The van der Waals surface area contributed by atoms with E-state index in [0.29, 0.717) is 23.4 Å². The van der Waals surface area contributed by atoms with Crippen LogP contribution in [0.4, 0.5) is 5.69 Å². The molecule has 0 bridgehead atoms. The van der Waals surface area contributed by atoms with E-state index in [0.717, 1.165) is 5.56 Å². The van der Waals surface area contributed by atoms with Gasteiger partial charge in [-0.3, -0.25) is 4.79 Å². The Balaban J connectivity index is 2.30. The molecule has 6 nitrogen and oxygen atoms in total. The predicted molar refractivity (Wildman–Crippen MR) is 89.7 cm³/mol. The zero-order valence-electron chi connectivity index (χ0n) is 13.0. The van der Waals surface area contributed by atoms with Crippen LogP contribution in [0.15, 0.2) is 47.4 Å². The molecular weight excluding hydrogens is 314 g/mol. The molecule has 1 amide bonds. The lowest BCUT2D eigenvalue weighted by molar-refractivity contribution is 0.102. The molecule has 0 aliphatic carbocycles. The average Bonchev–Trinajstić information content (AvgIpc) is 2.56. The van der Waals surface area contributed by atoms with E-state index < -0.39 is 10.0 Å². The van der Waals surface area contributed by atoms with Gasteiger partial charge in [-0.05, 0) is 49.4 Å². The van der Waals surface area contributed by atoms with Gasteiger partial charge in [-0.15, -0.1) is 0 Å². The molecule has 0 radical (unpaired) electrons. The van der Waals surface area contributed by atoms with Gasteiger partial charge in [0.2, 0.25) is 10.0 Å². The third-order valence-electron chi connectivity index (χ3n) is 3.43. The van der Waals surface area contributed by atoms with Gasteiger partial charge in [0.25, 0.3) is 5.91 Å². The average molecular weight is 333 g/mol. The van der Waals surface area contributed by atoms with Gasteiger partial charge in [-0.2, -0.15) is 0 Å². The fraction of sp³-hybridized carbons (Fsp3) is 0.188. The molecule has 0 saturated heterocycles. The smallest absolute Gasteiger partial charge is 0.255 e. The van der Waals surface area contributed by atoms with Crippen LogP contribution in [-0.2, 0) is 16.6 Å². The summed E-state index contributed by atoms with van der Waals surface area (Å²) in [6.07, 6.45) is 0. The number of hydrogen-bond donors (Lipinski definition) is 3. The second-order valence-corrected chi connectivity index (χ2v) is 6.90. The van der Waals surface area contributed by atoms with Crippen molar-refractivity contribution in [3.05, 3.63) is 59.2 Å². The van der Waals surface area contributed by atoms with Crippen molar-refractivity contribution in [3.63, 3.8) is 0 Å². The molecule has 122 valence electrons. The maximum absolute atomic E-state index is 12.3. The van der Waals surface area contributed by atoms with Crippen LogP contribution in [0.5, 0.6) is 0 Å². The summed E-state index contributed by atoms with van der Waals surface area (Å²) >= 11 is 0. The Hall–Kier alpha value is -2.22. The minimum atomic E-state index is -3.58. The van der Waals surface area contributed by atoms with Crippen molar-refractivity contribution in [1.82, 2.24) is 4.72 Å². The first-order valence-electron chi connectivity index (χ1n) is 7.02. The first-order chi connectivity index (χ1) is 10.9. The number of anilines is 1. The van der Waals surface area contributed by atoms with Crippen molar-refractivity contribution in [3.8, 4) is 0 Å². The Bertz CT molecular complexity index is 832. The van der Waals surface area contributed by atoms with Crippen LogP contribution in [0, 0.1) is 6.92 Å². The Labute approximate surface area is 135 Å². The summed E-state index contributed by atoms with van der Waals surface area (Å²) < 4.78 is 26.2. The fourth-order valence-corrected chi connectivity index (χ4v) is 3.11. The van der Waals surface area contributed by atoms with Gasteiger partial charge in [0.05, 0.1) is 4.90 Å². The minimum absolute atomic E-state index is 0.133. The number of amides is 1. The van der Waals surface area contributed by atoms with Gasteiger partial charge in [0.1, 0.15) is 0 Å². The standard InChI is InChI=1S/C16H19N3O3S/c1-11-6-7-14(9-15(11)23(21,22)18-2)19-16(20)13-5-3-4-12(8-13)10-17/h3-9,18H,10,17H2,1-2H3,(H,19,20). The van der Waals surface area contributed by atoms with E-state index >= 15 is 0 Å². The molecule has 0 heterocycles. The van der Waals surface area contributed by atoms with Crippen molar-refractivity contribution in [1.29, 1.82) is 0 Å². The number of carbonyl (C=O) groups is 1. The van der Waals surface area contributed by atoms with Gasteiger partial charge in [-0.25, -0.2) is 13.1 Å². The highest BCUT2D eigenvalue weighted by Gasteiger charge is 2.16. The van der Waals surface area contributed by atoms with E-state index in [4.69, 9.17) is 5.73 Å². The Morgan fingerprint density at radius 3 is 2.57 bits per heavy atom. The summed E-state index contributed by atoms with van der Waals surface area (Å²) in [7, 11) is -2.23. The number of benzene rings is 2. The number of aryl methyl sites for hydroxylation is 1. The topological polar surface area (TPSA) is 101 Å². The lowest BCUT2D eigenvalue weighted by Crippen LogP contribution is -2.20. The molecule has 7 heteroatoms. The molecule has 0 aliphatic rings. The maximum atomic E-state index is 12.3. The van der Waals surface area contributed by atoms with Crippen LogP contribution < -0.4 is 15.8 Å². The highest BCUT2D eigenvalue weighted by Crippen LogP contribution is 2.20. The van der Waals surface area contributed by atoms with Crippen LogP contribution in [0.1, 0.15) is 21.5 Å². The summed E-state index contributed by atoms with van der Waals surface area (Å²) in [5.41, 5.74) is 7.89. The minimum Gasteiger partial charge on any atom is -0.326 e. The third-order valence-corrected chi connectivity index (χ3v) is 4.99. The number of hydrogen-bond acceptors (Lipinski definition) is 4. The second kappa shape index (κ2) is 6.91. The van der Waals surface area contributed by atoms with E-state index in [2.05, 4.69) is 10.0 Å². The molecule has 0 aliphatic heterocycles. The normalized spacial score (nSPS) is 11.3. The van der Waals surface area contributed by atoms with Crippen molar-refractivity contribution < 1.29 is 13.2 Å². The second-order valence-electron chi connectivity index (χ2n) is 5.05. The predicted octanol–water partition coefficient (Wildman–Crippen LogP) is 1.61. The largest absolute Gasteiger partial charge is 0.326 e. The van der Waals surface area contributed by atoms with E-state index in [1.54, 1.807) is 37.3 Å². The quantitative estimate of drug-likeness (QED) is 0.774. The Morgan fingerprint density at radius 2 is 1.91 bits per heavy atom. The first kappa shape index (κ1) is 17.1. The molecule has 0 aromatic heterocycles. The molecule has 0 spiro atoms. The molecular formula is C16H19N3O3S. The van der Waals surface area contributed by atoms with E-state index in [1.165, 1.54) is 13.1 Å². The molecule has 23 heavy (non-hydrogen) atoms. The molecule has 0 fully saturated rings. The van der Waals surface area contributed by atoms with Crippen LogP contribution >= 0.6 is 0 Å². The Morgan fingerprint density at radius 1 is 1.17 bits per heavy atom. The van der Waals surface area contributed by atoms with Gasteiger partial charge in [0, 0.05) is 17.8 Å². The van der Waals surface area contributed by atoms with E-state index in [-0.39, 0.29) is 10.8 Å². The SMILES string of the molecule is CNS(=O)(=O)c1cc(NC(=O)c2cccc(CN)c2)ccc1C. The van der Waals surface area contributed by atoms with Crippen molar-refractivity contribution >= 4 is 21.6 Å². The summed E-state index contributed by atoms with van der Waals surface area (Å²) in [5, 5.41) is 2.70. The molecule has 0 atom stereocenters. The number of nitrogens with one attached hydrogen (secondary N) is 2. The summed E-state index contributed by atoms with van der Waals surface area (Å²) in [6.45, 7) is 2.04. The molecule has 4 N–H and O–H groups in total. The number of rotatable bonds is 5. The zero-order chi connectivity index (χ0) is 17.0. The van der Waals surface area contributed by atoms with E-state index in [9.17, 15) is 13.2 Å². The molecule has 2 rings (SSSR count). The van der Waals surface area contributed by atoms with Gasteiger partial charge < -0.3 is 11.1 Å². The molecule has 2 aromatic rings. The highest BCUT2D eigenvalue weighted by atomic mass is 32.2. The summed E-state index contributed by atoms with van der Waals surface area (Å²) in [4.78, 5) is 12.4. The lowest BCUT2D eigenvalue weighted by atomic mass is 10.1. The first-order valence-corrected chi connectivity index (χ1v) is 8.50. The summed E-state index contributed by atoms with van der Waals surface area (Å²) in [6, 6.07) is 11.7. The molecule has 0 unspecified atom stereocenters. The van der Waals surface area contributed by atoms with Crippen LogP contribution in [-0.4, -0.2) is 21.4 Å². The number of nitrogens with two attached hydrogens (primary N) is 1. The number of sulfonamides is 1. The third kappa shape index (κ3) is 3.95. The number of carbonyl (C=O) groups excluding carboxylic acids is 1. The zero-order valence-corrected chi connectivity index (χ0v) is 13.8. The fourth-order valence-electron chi connectivity index (χ4n) is 2.12. The highest BCUT2D eigenvalue weighted by molar-refractivity contribution is 7.89. The molecule has 0 saturated carbocycles. The monoisotopic (exact) mass is 333 g/mol.